The molecule has 0 bridgehead atoms. The van der Waals surface area contributed by atoms with Gasteiger partial charge >= 0.3 is 0 Å². The number of nitrogens with two attached hydrogens (primary N) is 1. The molecule has 12 heavy (non-hydrogen) atoms. The minimum absolute atomic E-state index is 0.205. The molecule has 0 saturated carbocycles. The lowest BCUT2D eigenvalue weighted by Crippen LogP contribution is -2.24. The van der Waals surface area contributed by atoms with E-state index in [1.165, 1.54) is 19.4 Å². The fourth-order valence-corrected chi connectivity index (χ4v) is 1.73. The zero-order valence-corrected chi connectivity index (χ0v) is 8.16. The van der Waals surface area contributed by atoms with Gasteiger partial charge in [0.15, 0.2) is 0 Å². The maximum Gasteiger partial charge on any atom is 0.0194 e. The van der Waals surface area contributed by atoms with Gasteiger partial charge in [-0.25, -0.2) is 0 Å². The Morgan fingerprint density at radius 1 is 1.67 bits per heavy atom. The van der Waals surface area contributed by atoms with E-state index in [1.54, 1.807) is 0 Å². The minimum atomic E-state index is 0.205. The maximum atomic E-state index is 5.61. The van der Waals surface area contributed by atoms with Gasteiger partial charge in [0.05, 0.1) is 0 Å². The lowest BCUT2D eigenvalue weighted by Gasteiger charge is -2.17. The van der Waals surface area contributed by atoms with Crippen LogP contribution in [0.1, 0.15) is 26.2 Å². The largest absolute Gasteiger partial charge is 0.325 e. The van der Waals surface area contributed by atoms with Crippen LogP contribution in [-0.4, -0.2) is 30.6 Å². The molecule has 2 unspecified atom stereocenters. The fourth-order valence-electron chi connectivity index (χ4n) is 1.73. The fraction of sp³-hybridized carbons (Fsp3) is 0.800. The van der Waals surface area contributed by atoms with Crippen LogP contribution < -0.4 is 5.73 Å². The third-order valence-corrected chi connectivity index (χ3v) is 2.52. The highest BCUT2D eigenvalue weighted by Crippen LogP contribution is 2.17. The highest BCUT2D eigenvalue weighted by atomic mass is 15.1. The third-order valence-electron chi connectivity index (χ3n) is 2.52. The van der Waals surface area contributed by atoms with E-state index in [0.29, 0.717) is 0 Å². The Morgan fingerprint density at radius 2 is 2.42 bits per heavy atom. The number of rotatable bonds is 3. The van der Waals surface area contributed by atoms with Crippen molar-refractivity contribution < 1.29 is 0 Å². The SMILES string of the molecule is CC(N)/C=C/CC1CCCN1C. The zero-order chi connectivity index (χ0) is 8.97. The molecule has 0 amide bonds. The molecule has 1 aliphatic rings. The second-order valence-electron chi connectivity index (χ2n) is 3.80. The van der Waals surface area contributed by atoms with Crippen LogP contribution in [0.15, 0.2) is 12.2 Å². The summed E-state index contributed by atoms with van der Waals surface area (Å²) in [5, 5.41) is 0. The van der Waals surface area contributed by atoms with E-state index < -0.39 is 0 Å². The molecule has 2 N–H and O–H groups in total. The summed E-state index contributed by atoms with van der Waals surface area (Å²) in [6.07, 6.45) is 8.17. The molecule has 0 aromatic rings. The lowest BCUT2D eigenvalue weighted by molar-refractivity contribution is 0.312. The summed E-state index contributed by atoms with van der Waals surface area (Å²) in [4.78, 5) is 2.44. The van der Waals surface area contributed by atoms with Gasteiger partial charge in [0, 0.05) is 12.1 Å². The van der Waals surface area contributed by atoms with Crippen LogP contribution in [0.5, 0.6) is 0 Å². The molecule has 0 aromatic carbocycles. The van der Waals surface area contributed by atoms with Gasteiger partial charge in [-0.15, -0.1) is 0 Å². The summed E-state index contributed by atoms with van der Waals surface area (Å²) in [6, 6.07) is 0.969. The van der Waals surface area contributed by atoms with Crippen molar-refractivity contribution in [3.63, 3.8) is 0 Å². The van der Waals surface area contributed by atoms with E-state index in [0.717, 1.165) is 12.5 Å². The topological polar surface area (TPSA) is 29.3 Å². The summed E-state index contributed by atoms with van der Waals surface area (Å²) in [6.45, 7) is 3.27. The van der Waals surface area contributed by atoms with Crippen LogP contribution in [0.3, 0.4) is 0 Å². The molecule has 70 valence electrons. The predicted octanol–water partition coefficient (Wildman–Crippen LogP) is 1.37. The average molecular weight is 168 g/mol. The Bertz CT molecular complexity index is 152. The highest BCUT2D eigenvalue weighted by molar-refractivity contribution is 4.93. The molecule has 0 radical (unpaired) electrons. The van der Waals surface area contributed by atoms with E-state index in [-0.39, 0.29) is 6.04 Å². The molecular formula is C10H20N2. The molecule has 1 heterocycles. The van der Waals surface area contributed by atoms with Gasteiger partial charge in [0.2, 0.25) is 0 Å². The van der Waals surface area contributed by atoms with Gasteiger partial charge in [-0.1, -0.05) is 12.2 Å². The summed E-state index contributed by atoms with van der Waals surface area (Å²) in [5.74, 6) is 0. The Labute approximate surface area is 75.4 Å². The molecule has 1 rings (SSSR count). The van der Waals surface area contributed by atoms with Crippen molar-refractivity contribution in [1.82, 2.24) is 4.90 Å². The van der Waals surface area contributed by atoms with Crippen molar-refractivity contribution >= 4 is 0 Å². The average Bonchev–Trinajstić information content (AvgIpc) is 2.36. The summed E-state index contributed by atoms with van der Waals surface area (Å²) < 4.78 is 0. The van der Waals surface area contributed by atoms with Gasteiger partial charge in [-0.05, 0) is 39.8 Å². The van der Waals surface area contributed by atoms with Crippen LogP contribution in [0.25, 0.3) is 0 Å². The Balaban J connectivity index is 2.22. The van der Waals surface area contributed by atoms with Crippen molar-refractivity contribution in [3.05, 3.63) is 12.2 Å². The second kappa shape index (κ2) is 4.63. The molecule has 2 heteroatoms. The first-order valence-corrected chi connectivity index (χ1v) is 4.82. The summed E-state index contributed by atoms with van der Waals surface area (Å²) >= 11 is 0. The molecule has 1 saturated heterocycles. The van der Waals surface area contributed by atoms with E-state index in [9.17, 15) is 0 Å². The Hall–Kier alpha value is -0.340. The van der Waals surface area contributed by atoms with Gasteiger partial charge in [0.1, 0.15) is 0 Å². The van der Waals surface area contributed by atoms with Crippen LogP contribution in [0.4, 0.5) is 0 Å². The van der Waals surface area contributed by atoms with Gasteiger partial charge in [-0.2, -0.15) is 0 Å². The van der Waals surface area contributed by atoms with Crippen LogP contribution in [0, 0.1) is 0 Å². The second-order valence-corrected chi connectivity index (χ2v) is 3.80. The highest BCUT2D eigenvalue weighted by Gasteiger charge is 2.18. The molecule has 2 atom stereocenters. The van der Waals surface area contributed by atoms with Gasteiger partial charge < -0.3 is 10.6 Å². The normalized spacial score (nSPS) is 28.4. The number of likely N-dealkylation sites (tertiary alicyclic amines) is 1. The van der Waals surface area contributed by atoms with Crippen LogP contribution >= 0.6 is 0 Å². The first kappa shape index (κ1) is 9.75. The molecule has 1 fully saturated rings. The standard InChI is InChI=1S/C10H20N2/c1-9(11)5-3-6-10-7-4-8-12(10)2/h3,5,9-10H,4,6-8,11H2,1-2H3/b5-3+. The van der Waals surface area contributed by atoms with E-state index in [2.05, 4.69) is 24.1 Å². The smallest absolute Gasteiger partial charge is 0.0194 e. The summed E-state index contributed by atoms with van der Waals surface area (Å²) in [5.41, 5.74) is 5.61. The Morgan fingerprint density at radius 3 is 2.92 bits per heavy atom. The van der Waals surface area contributed by atoms with E-state index >= 15 is 0 Å². The number of hydrogen-bond donors (Lipinski definition) is 1. The van der Waals surface area contributed by atoms with Gasteiger partial charge in [-0.3, -0.25) is 0 Å². The zero-order valence-electron chi connectivity index (χ0n) is 8.16. The Kier molecular flexibility index (Phi) is 3.76. The first-order chi connectivity index (χ1) is 5.70. The molecule has 1 aliphatic heterocycles. The molecule has 0 aromatic heterocycles. The van der Waals surface area contributed by atoms with E-state index in [1.807, 2.05) is 6.92 Å². The molecule has 0 aliphatic carbocycles. The van der Waals surface area contributed by atoms with E-state index in [4.69, 9.17) is 5.73 Å². The molecule has 0 spiro atoms. The van der Waals surface area contributed by atoms with Crippen molar-refractivity contribution in [3.8, 4) is 0 Å². The third kappa shape index (κ3) is 2.95. The predicted molar refractivity (Wildman–Crippen MR) is 53.1 cm³/mol. The molecule has 2 nitrogen and oxygen atoms in total. The van der Waals surface area contributed by atoms with Crippen LogP contribution in [-0.2, 0) is 0 Å². The number of nitrogens with zero attached hydrogens (tertiary/aromatic N) is 1. The maximum absolute atomic E-state index is 5.61. The van der Waals surface area contributed by atoms with Crippen molar-refractivity contribution in [2.45, 2.75) is 38.3 Å². The van der Waals surface area contributed by atoms with Crippen LogP contribution in [0.2, 0.25) is 0 Å². The van der Waals surface area contributed by atoms with Crippen molar-refractivity contribution in [2.75, 3.05) is 13.6 Å². The minimum Gasteiger partial charge on any atom is -0.325 e. The first-order valence-electron chi connectivity index (χ1n) is 4.82. The number of hydrogen-bond acceptors (Lipinski definition) is 2. The summed E-state index contributed by atoms with van der Waals surface area (Å²) in [7, 11) is 2.21. The lowest BCUT2D eigenvalue weighted by atomic mass is 10.1. The van der Waals surface area contributed by atoms with Gasteiger partial charge in [0.25, 0.3) is 0 Å². The molecular weight excluding hydrogens is 148 g/mol. The monoisotopic (exact) mass is 168 g/mol. The van der Waals surface area contributed by atoms with Crippen molar-refractivity contribution in [2.24, 2.45) is 5.73 Å². The van der Waals surface area contributed by atoms with Crippen molar-refractivity contribution in [1.29, 1.82) is 0 Å². The quantitative estimate of drug-likeness (QED) is 0.645.